The predicted octanol–water partition coefficient (Wildman–Crippen LogP) is 9.68. The van der Waals surface area contributed by atoms with Crippen molar-refractivity contribution in [3.05, 3.63) is 48.2 Å². The number of aromatic nitrogens is 1. The number of unbranched alkanes of at least 4 members (excludes halogenated alkanes) is 12. The van der Waals surface area contributed by atoms with Gasteiger partial charge in [0, 0.05) is 23.2 Å². The second-order valence-corrected chi connectivity index (χ2v) is 10.7. The van der Waals surface area contributed by atoms with E-state index < -0.39 is 0 Å². The van der Waals surface area contributed by atoms with Gasteiger partial charge in [0.1, 0.15) is 5.75 Å². The van der Waals surface area contributed by atoms with Crippen LogP contribution in [-0.4, -0.2) is 24.8 Å². The van der Waals surface area contributed by atoms with E-state index in [-0.39, 0.29) is 6.29 Å². The van der Waals surface area contributed by atoms with E-state index in [4.69, 9.17) is 14.2 Å². The zero-order chi connectivity index (χ0) is 26.0. The Balaban J connectivity index is 1.31. The Morgan fingerprint density at radius 1 is 0.703 bits per heavy atom. The van der Waals surface area contributed by atoms with Gasteiger partial charge in [-0.25, -0.2) is 0 Å². The quantitative estimate of drug-likeness (QED) is 0.177. The highest BCUT2D eigenvalue weighted by molar-refractivity contribution is 5.60. The van der Waals surface area contributed by atoms with Crippen LogP contribution in [0.5, 0.6) is 5.75 Å². The summed E-state index contributed by atoms with van der Waals surface area (Å²) in [5.41, 5.74) is 3.04. The third kappa shape index (κ3) is 11.6. The van der Waals surface area contributed by atoms with E-state index in [1.54, 1.807) is 0 Å². The van der Waals surface area contributed by atoms with Gasteiger partial charge in [-0.1, -0.05) is 103 Å². The number of pyridine rings is 1. The molecule has 0 spiro atoms. The van der Waals surface area contributed by atoms with Crippen molar-refractivity contribution in [2.45, 2.75) is 116 Å². The molecule has 3 rings (SSSR count). The second-order valence-electron chi connectivity index (χ2n) is 10.7. The van der Waals surface area contributed by atoms with Crippen LogP contribution < -0.4 is 4.74 Å². The Morgan fingerprint density at radius 3 is 1.89 bits per heavy atom. The van der Waals surface area contributed by atoms with Crippen LogP contribution in [0.3, 0.4) is 0 Å². The highest BCUT2D eigenvalue weighted by Crippen LogP contribution is 2.28. The minimum absolute atomic E-state index is 0.297. The smallest absolute Gasteiger partial charge is 0.185 e. The highest BCUT2D eigenvalue weighted by atomic mass is 16.7. The van der Waals surface area contributed by atoms with Crippen molar-refractivity contribution in [2.24, 2.45) is 5.92 Å². The summed E-state index contributed by atoms with van der Waals surface area (Å²) in [5, 5.41) is 0. The maximum Gasteiger partial charge on any atom is 0.185 e. The van der Waals surface area contributed by atoms with Gasteiger partial charge < -0.3 is 14.2 Å². The van der Waals surface area contributed by atoms with E-state index in [1.165, 1.54) is 89.9 Å². The molecular weight excluding hydrogens is 458 g/mol. The predicted molar refractivity (Wildman–Crippen MR) is 154 cm³/mol. The van der Waals surface area contributed by atoms with E-state index >= 15 is 0 Å². The molecule has 0 saturated carbocycles. The maximum absolute atomic E-state index is 6.04. The Hall–Kier alpha value is -1.91. The maximum atomic E-state index is 6.04. The molecule has 2 heterocycles. The summed E-state index contributed by atoms with van der Waals surface area (Å²) in [5.74, 6) is 1.45. The summed E-state index contributed by atoms with van der Waals surface area (Å²) in [4.78, 5) is 4.68. The topological polar surface area (TPSA) is 40.6 Å². The van der Waals surface area contributed by atoms with Crippen molar-refractivity contribution in [1.82, 2.24) is 4.98 Å². The lowest BCUT2D eigenvalue weighted by molar-refractivity contribution is -0.206. The van der Waals surface area contributed by atoms with E-state index in [0.29, 0.717) is 5.92 Å². The van der Waals surface area contributed by atoms with E-state index in [0.717, 1.165) is 48.8 Å². The molecule has 0 radical (unpaired) electrons. The molecular formula is C33H51NO3. The van der Waals surface area contributed by atoms with Crippen LogP contribution >= 0.6 is 0 Å². The van der Waals surface area contributed by atoms with Gasteiger partial charge in [-0.05, 0) is 43.2 Å². The molecule has 1 aliphatic heterocycles. The molecule has 0 bridgehead atoms. The SMILES string of the molecule is CCCCCCCCCCOc1ccc(-c2ccc(C3OCC(CCCCCCCC)CO3)cn2)cc1. The number of hydrogen-bond donors (Lipinski definition) is 0. The molecule has 1 saturated heterocycles. The lowest BCUT2D eigenvalue weighted by Gasteiger charge is -2.29. The number of benzene rings is 1. The van der Waals surface area contributed by atoms with Gasteiger partial charge in [0.25, 0.3) is 0 Å². The van der Waals surface area contributed by atoms with Crippen molar-refractivity contribution in [3.8, 4) is 17.0 Å². The van der Waals surface area contributed by atoms with Crippen LogP contribution in [0.25, 0.3) is 11.3 Å². The lowest BCUT2D eigenvalue weighted by Crippen LogP contribution is -2.27. The summed E-state index contributed by atoms with van der Waals surface area (Å²) >= 11 is 0. The molecule has 2 aromatic rings. The Kier molecular flexibility index (Phi) is 14.7. The Labute approximate surface area is 226 Å². The normalized spacial score (nSPS) is 17.7. The van der Waals surface area contributed by atoms with E-state index in [1.807, 2.05) is 18.3 Å². The average molecular weight is 510 g/mol. The lowest BCUT2D eigenvalue weighted by atomic mass is 10.0. The molecule has 4 nitrogen and oxygen atoms in total. The van der Waals surface area contributed by atoms with Crippen molar-refractivity contribution >= 4 is 0 Å². The average Bonchev–Trinajstić information content (AvgIpc) is 2.95. The summed E-state index contributed by atoms with van der Waals surface area (Å²) in [6, 6.07) is 12.4. The summed E-state index contributed by atoms with van der Waals surface area (Å²) < 4.78 is 18.0. The van der Waals surface area contributed by atoms with Crippen LogP contribution in [0.4, 0.5) is 0 Å². The fourth-order valence-corrected chi connectivity index (χ4v) is 4.98. The van der Waals surface area contributed by atoms with Gasteiger partial charge in [0.05, 0.1) is 25.5 Å². The number of hydrogen-bond acceptors (Lipinski definition) is 4. The van der Waals surface area contributed by atoms with Crippen LogP contribution in [-0.2, 0) is 9.47 Å². The molecule has 0 atom stereocenters. The molecule has 37 heavy (non-hydrogen) atoms. The first-order valence-corrected chi connectivity index (χ1v) is 15.2. The fraction of sp³-hybridized carbons (Fsp3) is 0.667. The summed E-state index contributed by atoms with van der Waals surface area (Å²) in [6.07, 6.45) is 21.3. The third-order valence-electron chi connectivity index (χ3n) is 7.41. The van der Waals surface area contributed by atoms with Crippen molar-refractivity contribution in [1.29, 1.82) is 0 Å². The molecule has 206 valence electrons. The minimum atomic E-state index is -0.297. The standard InChI is InChI=1S/C33H51NO3/c1-3-5-7-9-11-12-14-16-24-35-31-21-18-29(19-22-31)32-23-20-30(25-34-32)33-36-26-28(27-37-33)17-15-13-10-8-6-4-2/h18-23,25,28,33H,3-17,24,26-27H2,1-2H3. The summed E-state index contributed by atoms with van der Waals surface area (Å²) in [6.45, 7) is 6.89. The molecule has 0 N–H and O–H groups in total. The van der Waals surface area contributed by atoms with Gasteiger partial charge in [-0.3, -0.25) is 4.98 Å². The second kappa shape index (κ2) is 18.4. The van der Waals surface area contributed by atoms with Gasteiger partial charge >= 0.3 is 0 Å². The van der Waals surface area contributed by atoms with Crippen molar-refractivity contribution < 1.29 is 14.2 Å². The van der Waals surface area contributed by atoms with E-state index in [9.17, 15) is 0 Å². The number of ether oxygens (including phenoxy) is 3. The molecule has 0 unspecified atom stereocenters. The molecule has 4 heteroatoms. The molecule has 1 aliphatic rings. The zero-order valence-corrected chi connectivity index (χ0v) is 23.6. The molecule has 1 aromatic heterocycles. The fourth-order valence-electron chi connectivity index (χ4n) is 4.98. The molecule has 0 amide bonds. The van der Waals surface area contributed by atoms with Gasteiger partial charge in [-0.15, -0.1) is 0 Å². The van der Waals surface area contributed by atoms with Crippen LogP contribution in [0, 0.1) is 5.92 Å². The monoisotopic (exact) mass is 509 g/mol. The minimum Gasteiger partial charge on any atom is -0.494 e. The largest absolute Gasteiger partial charge is 0.494 e. The summed E-state index contributed by atoms with van der Waals surface area (Å²) in [7, 11) is 0. The Bertz CT molecular complexity index is 812. The molecule has 0 aliphatic carbocycles. The van der Waals surface area contributed by atoms with Crippen molar-refractivity contribution in [2.75, 3.05) is 19.8 Å². The first-order valence-electron chi connectivity index (χ1n) is 15.2. The zero-order valence-electron chi connectivity index (χ0n) is 23.6. The van der Waals surface area contributed by atoms with Gasteiger partial charge in [0.2, 0.25) is 0 Å². The number of rotatable bonds is 19. The molecule has 1 fully saturated rings. The highest BCUT2D eigenvalue weighted by Gasteiger charge is 2.23. The van der Waals surface area contributed by atoms with E-state index in [2.05, 4.69) is 43.1 Å². The van der Waals surface area contributed by atoms with Crippen LogP contribution in [0.15, 0.2) is 42.6 Å². The van der Waals surface area contributed by atoms with Crippen molar-refractivity contribution in [3.63, 3.8) is 0 Å². The number of nitrogens with zero attached hydrogens (tertiary/aromatic N) is 1. The first-order chi connectivity index (χ1) is 18.3. The van der Waals surface area contributed by atoms with Crippen LogP contribution in [0.1, 0.15) is 122 Å². The Morgan fingerprint density at radius 2 is 1.30 bits per heavy atom. The van der Waals surface area contributed by atoms with Gasteiger partial charge in [0.15, 0.2) is 6.29 Å². The third-order valence-corrected chi connectivity index (χ3v) is 7.41. The van der Waals surface area contributed by atoms with Crippen LogP contribution in [0.2, 0.25) is 0 Å². The first kappa shape index (κ1) is 29.6. The van der Waals surface area contributed by atoms with Gasteiger partial charge in [-0.2, -0.15) is 0 Å². The molecule has 1 aromatic carbocycles.